The number of benzene rings is 1. The van der Waals surface area contributed by atoms with Crippen LogP contribution in [0.1, 0.15) is 44.6 Å². The van der Waals surface area contributed by atoms with Gasteiger partial charge in [0.15, 0.2) is 23.7 Å². The fraction of sp³-hybridized carbons (Fsp3) is 0.519. The van der Waals surface area contributed by atoms with Crippen molar-refractivity contribution < 1.29 is 23.9 Å². The molecule has 2 N–H and O–H groups in total. The number of rotatable bonds is 6. The number of hydroxylamine groups is 1. The average Bonchev–Trinajstić information content (AvgIpc) is 3.57. The fourth-order valence-electron chi connectivity index (χ4n) is 5.75. The lowest BCUT2D eigenvalue weighted by molar-refractivity contribution is -0.144. The van der Waals surface area contributed by atoms with Gasteiger partial charge in [0.2, 0.25) is 5.95 Å². The molecule has 2 saturated heterocycles. The molecule has 3 fully saturated rings. The second-order valence-electron chi connectivity index (χ2n) is 10.7. The predicted molar refractivity (Wildman–Crippen MR) is 146 cm³/mol. The second kappa shape index (κ2) is 11.2. The fourth-order valence-corrected chi connectivity index (χ4v) is 5.94. The number of methoxy groups -OCH3 is 1. The number of imidazole rings is 1. The van der Waals surface area contributed by atoms with Crippen LogP contribution < -0.4 is 15.7 Å². The first-order chi connectivity index (χ1) is 19.4. The number of morpholine rings is 1. The first kappa shape index (κ1) is 26.7. The van der Waals surface area contributed by atoms with Crippen molar-refractivity contribution in [1.82, 2.24) is 30.3 Å². The zero-order valence-electron chi connectivity index (χ0n) is 22.4. The summed E-state index contributed by atoms with van der Waals surface area (Å²) in [4.78, 5) is 46.1. The van der Waals surface area contributed by atoms with E-state index in [1.807, 2.05) is 23.1 Å². The summed E-state index contributed by atoms with van der Waals surface area (Å²) in [6.45, 7) is 4.11. The Bertz CT molecular complexity index is 1420. The number of carbonyl (C=O) groups excluding carboxylic acids is 2. The third-order valence-electron chi connectivity index (χ3n) is 7.92. The molecule has 3 aromatic rings. The minimum atomic E-state index is -0.755. The van der Waals surface area contributed by atoms with E-state index in [1.165, 1.54) is 20.0 Å². The number of nitrogens with one attached hydrogen (secondary N) is 2. The Morgan fingerprint density at radius 2 is 2.02 bits per heavy atom. The normalized spacial score (nSPS) is 25.1. The van der Waals surface area contributed by atoms with Crippen LogP contribution in [-0.4, -0.2) is 64.5 Å². The summed E-state index contributed by atoms with van der Waals surface area (Å²) >= 11 is 6.41. The van der Waals surface area contributed by atoms with Crippen molar-refractivity contribution in [3.8, 4) is 11.3 Å². The number of amides is 1. The number of halogens is 1. The smallest absolute Gasteiger partial charge is 0.427 e. The van der Waals surface area contributed by atoms with Gasteiger partial charge in [-0.1, -0.05) is 43.5 Å². The molecule has 12 nitrogen and oxygen atoms in total. The van der Waals surface area contributed by atoms with Crippen molar-refractivity contribution in [3.63, 3.8) is 0 Å². The van der Waals surface area contributed by atoms with Gasteiger partial charge in [0.05, 0.1) is 20.3 Å². The molecule has 0 radical (unpaired) electrons. The van der Waals surface area contributed by atoms with Gasteiger partial charge < -0.3 is 23.8 Å². The van der Waals surface area contributed by atoms with Gasteiger partial charge >= 0.3 is 12.1 Å². The number of fused-ring (bicyclic) bond motifs is 1. The molecule has 1 aromatic carbocycles. The molecular weight excluding hydrogens is 538 g/mol. The zero-order chi connectivity index (χ0) is 27.8. The Morgan fingerprint density at radius 1 is 1.20 bits per heavy atom. The summed E-state index contributed by atoms with van der Waals surface area (Å²) in [6, 6.07) is 6.79. The quantitative estimate of drug-likeness (QED) is 0.424. The highest BCUT2D eigenvalue weighted by molar-refractivity contribution is 6.30. The third-order valence-corrected chi connectivity index (χ3v) is 8.16. The monoisotopic (exact) mass is 569 g/mol. The first-order valence-electron chi connectivity index (χ1n) is 13.6. The largest absolute Gasteiger partial charge is 0.467 e. The Hall–Kier alpha value is -3.48. The molecule has 13 heteroatoms. The molecule has 40 heavy (non-hydrogen) atoms. The van der Waals surface area contributed by atoms with Crippen molar-refractivity contribution in [2.75, 3.05) is 31.8 Å². The van der Waals surface area contributed by atoms with Gasteiger partial charge in [-0.05, 0) is 36.8 Å². The van der Waals surface area contributed by atoms with E-state index in [-0.39, 0.29) is 12.6 Å². The van der Waals surface area contributed by atoms with Crippen LogP contribution in [0.2, 0.25) is 5.02 Å². The topological polar surface area (TPSA) is 133 Å². The maximum atomic E-state index is 12.8. The number of hydrogen-bond donors (Lipinski definition) is 2. The van der Waals surface area contributed by atoms with Crippen molar-refractivity contribution in [2.45, 2.75) is 51.4 Å². The van der Waals surface area contributed by atoms with E-state index >= 15 is 0 Å². The van der Waals surface area contributed by atoms with Crippen molar-refractivity contribution >= 4 is 40.8 Å². The summed E-state index contributed by atoms with van der Waals surface area (Å²) < 4.78 is 12.9. The molecule has 6 rings (SSSR count). The van der Waals surface area contributed by atoms with Crippen LogP contribution in [0.25, 0.3) is 22.4 Å². The SMILES string of the molecule is COC(=O)[C@@H]1COCCN1c1nc2nc(C3NOC(=O)N3)nc(-c3cccc(Cl)c3)c2n1CC1CCC(C)CC1. The van der Waals surface area contributed by atoms with Crippen LogP contribution >= 0.6 is 11.6 Å². The second-order valence-corrected chi connectivity index (χ2v) is 11.1. The Morgan fingerprint density at radius 3 is 2.75 bits per heavy atom. The van der Waals surface area contributed by atoms with Crippen LogP contribution in [-0.2, 0) is 25.7 Å². The summed E-state index contributed by atoms with van der Waals surface area (Å²) in [7, 11) is 1.38. The van der Waals surface area contributed by atoms with Crippen LogP contribution in [0.3, 0.4) is 0 Å². The van der Waals surface area contributed by atoms with E-state index in [9.17, 15) is 9.59 Å². The maximum absolute atomic E-state index is 12.8. The van der Waals surface area contributed by atoms with Gasteiger partial charge in [-0.3, -0.25) is 5.32 Å². The first-order valence-corrected chi connectivity index (χ1v) is 14.0. The van der Waals surface area contributed by atoms with E-state index in [1.54, 1.807) is 6.07 Å². The maximum Gasteiger partial charge on any atom is 0.427 e. The number of ether oxygens (including phenoxy) is 2. The number of carbonyl (C=O) groups is 2. The minimum absolute atomic E-state index is 0.199. The number of aromatic nitrogens is 4. The molecule has 212 valence electrons. The van der Waals surface area contributed by atoms with Crippen LogP contribution in [0, 0.1) is 11.8 Å². The number of anilines is 1. The van der Waals surface area contributed by atoms with E-state index in [4.69, 9.17) is 40.9 Å². The van der Waals surface area contributed by atoms with Crippen molar-refractivity contribution in [3.05, 3.63) is 35.1 Å². The molecule has 0 bridgehead atoms. The van der Waals surface area contributed by atoms with Crippen LogP contribution in [0.5, 0.6) is 0 Å². The van der Waals surface area contributed by atoms with Crippen LogP contribution in [0.15, 0.2) is 24.3 Å². The number of esters is 1. The average molecular weight is 570 g/mol. The lowest BCUT2D eigenvalue weighted by Crippen LogP contribution is -2.51. The highest BCUT2D eigenvalue weighted by Gasteiger charge is 2.36. The van der Waals surface area contributed by atoms with Crippen molar-refractivity contribution in [2.24, 2.45) is 11.8 Å². The molecular formula is C27H32ClN7O5. The van der Waals surface area contributed by atoms with Crippen molar-refractivity contribution in [1.29, 1.82) is 0 Å². The lowest BCUT2D eigenvalue weighted by Gasteiger charge is -2.35. The molecule has 1 aliphatic carbocycles. The Kier molecular flexibility index (Phi) is 7.47. The van der Waals surface area contributed by atoms with Gasteiger partial charge in [-0.25, -0.2) is 19.6 Å². The van der Waals surface area contributed by atoms with Gasteiger partial charge in [-0.15, -0.1) is 5.48 Å². The summed E-state index contributed by atoms with van der Waals surface area (Å²) in [5.74, 6) is 1.66. The molecule has 0 spiro atoms. The molecule has 1 amide bonds. The molecule has 1 saturated carbocycles. The molecule has 4 heterocycles. The molecule has 2 aliphatic heterocycles. The van der Waals surface area contributed by atoms with Gasteiger partial charge in [-0.2, -0.15) is 4.98 Å². The predicted octanol–water partition coefficient (Wildman–Crippen LogP) is 3.59. The molecule has 3 aliphatic rings. The summed E-state index contributed by atoms with van der Waals surface area (Å²) in [5.41, 5.74) is 5.21. The highest BCUT2D eigenvalue weighted by Crippen LogP contribution is 2.36. The standard InChI is InChI=1S/C27H32ClN7O5/c1-15-6-8-16(9-7-15)13-35-21-20(17-4-3-5-18(28)12-17)29-23(24-32-27(37)40-33-24)30-22(21)31-26(35)34-10-11-39-14-19(34)25(36)38-2/h3-5,12,15-16,19,24,33H,6-11,13-14H2,1-2H3,(H,32,37)/t15?,16?,19-,24?/m0/s1. The summed E-state index contributed by atoms with van der Waals surface area (Å²) in [6.07, 6.45) is 3.17. The zero-order valence-corrected chi connectivity index (χ0v) is 23.2. The Balaban J connectivity index is 1.55. The highest BCUT2D eigenvalue weighted by atomic mass is 35.5. The van der Waals surface area contributed by atoms with E-state index in [0.717, 1.165) is 23.9 Å². The lowest BCUT2D eigenvalue weighted by atomic mass is 9.83. The van der Waals surface area contributed by atoms with Crippen LogP contribution in [0.4, 0.5) is 10.7 Å². The molecule has 2 aromatic heterocycles. The van der Waals surface area contributed by atoms with E-state index < -0.39 is 18.3 Å². The minimum Gasteiger partial charge on any atom is -0.467 e. The third kappa shape index (κ3) is 5.18. The number of hydrogen-bond acceptors (Lipinski definition) is 10. The van der Waals surface area contributed by atoms with Gasteiger partial charge in [0.25, 0.3) is 0 Å². The summed E-state index contributed by atoms with van der Waals surface area (Å²) in [5, 5.41) is 3.23. The van der Waals surface area contributed by atoms with E-state index in [2.05, 4.69) is 22.3 Å². The molecule has 1 unspecified atom stereocenters. The van der Waals surface area contributed by atoms with Gasteiger partial charge in [0.1, 0.15) is 11.2 Å². The molecule has 2 atom stereocenters. The Labute approximate surface area is 236 Å². The van der Waals surface area contributed by atoms with E-state index in [0.29, 0.717) is 59.7 Å². The van der Waals surface area contributed by atoms with Gasteiger partial charge in [0, 0.05) is 23.7 Å². The number of nitrogens with zero attached hydrogens (tertiary/aromatic N) is 5.